The first-order valence-electron chi connectivity index (χ1n) is 11.2. The van der Waals surface area contributed by atoms with Crippen LogP contribution in [0.2, 0.25) is 0 Å². The van der Waals surface area contributed by atoms with Crippen LogP contribution in [0.1, 0.15) is 66.9 Å². The minimum Gasteiger partial charge on any atom is -0.340 e. The Kier molecular flexibility index (Phi) is 7.48. The molecule has 3 rings (SSSR count). The maximum atomic E-state index is 13.3. The standard InChI is InChI=1S/C25H35N3O2/c1-19(2)21-10-9-11-22(18-21)28-15-12-20(3)23(25(28)30)24(29)26(4)16-17-27-13-7-5-6-8-14-27/h9-12,15,18-19H,5-8,13-14,16-17H2,1-4H3. The molecule has 0 saturated carbocycles. The second-order valence-corrected chi connectivity index (χ2v) is 8.78. The summed E-state index contributed by atoms with van der Waals surface area (Å²) in [7, 11) is 1.80. The number of hydrogen-bond acceptors (Lipinski definition) is 3. The van der Waals surface area contributed by atoms with E-state index in [-0.39, 0.29) is 17.0 Å². The van der Waals surface area contributed by atoms with E-state index in [4.69, 9.17) is 0 Å². The summed E-state index contributed by atoms with van der Waals surface area (Å²) in [5, 5.41) is 0. The lowest BCUT2D eigenvalue weighted by Gasteiger charge is -2.24. The van der Waals surface area contributed by atoms with Gasteiger partial charge < -0.3 is 9.80 Å². The molecule has 1 saturated heterocycles. The maximum Gasteiger partial charge on any atom is 0.268 e. The van der Waals surface area contributed by atoms with E-state index in [1.54, 1.807) is 22.7 Å². The van der Waals surface area contributed by atoms with Crippen LogP contribution in [0, 0.1) is 6.92 Å². The van der Waals surface area contributed by atoms with E-state index >= 15 is 0 Å². The second-order valence-electron chi connectivity index (χ2n) is 8.78. The zero-order chi connectivity index (χ0) is 21.7. The molecule has 1 amide bonds. The molecule has 0 atom stereocenters. The van der Waals surface area contributed by atoms with Crippen LogP contribution in [0.15, 0.2) is 41.3 Å². The number of benzene rings is 1. The van der Waals surface area contributed by atoms with Crippen molar-refractivity contribution in [3.63, 3.8) is 0 Å². The van der Waals surface area contributed by atoms with Crippen LogP contribution in [0.4, 0.5) is 0 Å². The number of pyridine rings is 1. The molecule has 1 aliphatic heterocycles. The van der Waals surface area contributed by atoms with Gasteiger partial charge in [0.15, 0.2) is 0 Å². The smallest absolute Gasteiger partial charge is 0.268 e. The minimum atomic E-state index is -0.248. The number of aryl methyl sites for hydroxylation is 1. The molecule has 0 unspecified atom stereocenters. The summed E-state index contributed by atoms with van der Waals surface area (Å²) in [5.41, 5.74) is 2.71. The Hall–Kier alpha value is -2.40. The number of carbonyl (C=O) groups is 1. The molecule has 162 valence electrons. The molecular weight excluding hydrogens is 374 g/mol. The molecule has 2 aromatic rings. The fraction of sp³-hybridized carbons (Fsp3) is 0.520. The summed E-state index contributed by atoms with van der Waals surface area (Å²) in [6.45, 7) is 9.80. The average molecular weight is 410 g/mol. The van der Waals surface area contributed by atoms with Gasteiger partial charge in [-0.2, -0.15) is 0 Å². The van der Waals surface area contributed by atoms with Crippen LogP contribution in [0.25, 0.3) is 5.69 Å². The first-order chi connectivity index (χ1) is 14.4. The highest BCUT2D eigenvalue weighted by Crippen LogP contribution is 2.18. The molecule has 1 aliphatic rings. The van der Waals surface area contributed by atoms with Gasteiger partial charge in [0.05, 0.1) is 0 Å². The molecule has 2 heterocycles. The van der Waals surface area contributed by atoms with Gasteiger partial charge in [-0.05, 0) is 68.1 Å². The Morgan fingerprint density at radius 2 is 1.80 bits per heavy atom. The Bertz CT molecular complexity index is 924. The Balaban J connectivity index is 1.81. The number of hydrogen-bond donors (Lipinski definition) is 0. The third kappa shape index (κ3) is 5.20. The summed E-state index contributed by atoms with van der Waals surface area (Å²) in [6.07, 6.45) is 6.83. The van der Waals surface area contributed by atoms with Crippen molar-refractivity contribution in [2.24, 2.45) is 0 Å². The van der Waals surface area contributed by atoms with Crippen LogP contribution in [-0.2, 0) is 0 Å². The predicted molar refractivity (Wildman–Crippen MR) is 123 cm³/mol. The molecule has 0 spiro atoms. The van der Waals surface area contributed by atoms with Crippen molar-refractivity contribution in [3.8, 4) is 5.69 Å². The van der Waals surface area contributed by atoms with E-state index < -0.39 is 0 Å². The summed E-state index contributed by atoms with van der Waals surface area (Å²) >= 11 is 0. The third-order valence-electron chi connectivity index (χ3n) is 6.13. The van der Waals surface area contributed by atoms with Crippen molar-refractivity contribution in [2.45, 2.75) is 52.4 Å². The van der Waals surface area contributed by atoms with Crippen LogP contribution >= 0.6 is 0 Å². The number of amides is 1. The zero-order valence-corrected chi connectivity index (χ0v) is 18.9. The maximum absolute atomic E-state index is 13.3. The van der Waals surface area contributed by atoms with E-state index in [1.807, 2.05) is 31.2 Å². The number of likely N-dealkylation sites (N-methyl/N-ethyl adjacent to an activating group) is 1. The first kappa shape index (κ1) is 22.3. The van der Waals surface area contributed by atoms with Gasteiger partial charge in [-0.3, -0.25) is 14.2 Å². The highest BCUT2D eigenvalue weighted by Gasteiger charge is 2.21. The van der Waals surface area contributed by atoms with Crippen molar-refractivity contribution >= 4 is 5.91 Å². The highest BCUT2D eigenvalue weighted by atomic mass is 16.2. The summed E-state index contributed by atoms with van der Waals surface area (Å²) in [5.74, 6) is 0.180. The van der Waals surface area contributed by atoms with E-state index in [0.29, 0.717) is 12.5 Å². The molecule has 0 N–H and O–H groups in total. The minimum absolute atomic E-state index is 0.193. The van der Waals surface area contributed by atoms with Gasteiger partial charge in [0.1, 0.15) is 5.56 Å². The van der Waals surface area contributed by atoms with Gasteiger partial charge in [0.2, 0.25) is 0 Å². The van der Waals surface area contributed by atoms with Crippen LogP contribution in [-0.4, -0.2) is 53.5 Å². The topological polar surface area (TPSA) is 45.6 Å². The van der Waals surface area contributed by atoms with Gasteiger partial charge in [0.25, 0.3) is 11.5 Å². The van der Waals surface area contributed by atoms with E-state index in [0.717, 1.165) is 30.9 Å². The molecule has 0 bridgehead atoms. The van der Waals surface area contributed by atoms with Crippen molar-refractivity contribution in [1.29, 1.82) is 0 Å². The zero-order valence-electron chi connectivity index (χ0n) is 18.9. The second kappa shape index (κ2) is 10.1. The normalized spacial score (nSPS) is 15.2. The van der Waals surface area contributed by atoms with Gasteiger partial charge in [-0.25, -0.2) is 0 Å². The van der Waals surface area contributed by atoms with Crippen molar-refractivity contribution in [3.05, 3.63) is 63.6 Å². The van der Waals surface area contributed by atoms with Gasteiger partial charge in [-0.15, -0.1) is 0 Å². The van der Waals surface area contributed by atoms with E-state index in [2.05, 4.69) is 24.8 Å². The first-order valence-corrected chi connectivity index (χ1v) is 11.2. The number of nitrogens with zero attached hydrogens (tertiary/aromatic N) is 3. The summed E-state index contributed by atoms with van der Waals surface area (Å²) in [6, 6.07) is 9.83. The average Bonchev–Trinajstić information content (AvgIpc) is 3.01. The molecule has 30 heavy (non-hydrogen) atoms. The Morgan fingerprint density at radius 1 is 1.10 bits per heavy atom. The number of likely N-dealkylation sites (tertiary alicyclic amines) is 1. The third-order valence-corrected chi connectivity index (χ3v) is 6.13. The Labute approximate surface area is 180 Å². The van der Waals surface area contributed by atoms with E-state index in [1.165, 1.54) is 31.2 Å². The van der Waals surface area contributed by atoms with Gasteiger partial charge in [-0.1, -0.05) is 38.8 Å². The highest BCUT2D eigenvalue weighted by molar-refractivity contribution is 5.95. The van der Waals surface area contributed by atoms with E-state index in [9.17, 15) is 9.59 Å². The molecule has 1 aromatic carbocycles. The van der Waals surface area contributed by atoms with Crippen molar-refractivity contribution in [1.82, 2.24) is 14.4 Å². The molecular formula is C25H35N3O2. The lowest BCUT2D eigenvalue weighted by atomic mass is 10.0. The number of rotatable bonds is 6. The summed E-state index contributed by atoms with van der Waals surface area (Å²) in [4.78, 5) is 30.6. The summed E-state index contributed by atoms with van der Waals surface area (Å²) < 4.78 is 1.59. The largest absolute Gasteiger partial charge is 0.340 e. The molecule has 1 aromatic heterocycles. The predicted octanol–water partition coefficient (Wildman–Crippen LogP) is 4.22. The number of carbonyl (C=O) groups excluding carboxylic acids is 1. The quantitative estimate of drug-likeness (QED) is 0.718. The van der Waals surface area contributed by atoms with Crippen LogP contribution in [0.5, 0.6) is 0 Å². The molecule has 5 heteroatoms. The van der Waals surface area contributed by atoms with Crippen LogP contribution in [0.3, 0.4) is 0 Å². The van der Waals surface area contributed by atoms with Crippen LogP contribution < -0.4 is 5.56 Å². The van der Waals surface area contributed by atoms with Crippen molar-refractivity contribution < 1.29 is 4.79 Å². The van der Waals surface area contributed by atoms with Gasteiger partial charge >= 0.3 is 0 Å². The van der Waals surface area contributed by atoms with Crippen molar-refractivity contribution in [2.75, 3.05) is 33.2 Å². The SMILES string of the molecule is Cc1ccn(-c2cccc(C(C)C)c2)c(=O)c1C(=O)N(C)CCN1CCCCCC1. The fourth-order valence-corrected chi connectivity index (χ4v) is 4.07. The van der Waals surface area contributed by atoms with Gasteiger partial charge in [0, 0.05) is 32.0 Å². The number of aromatic nitrogens is 1. The molecule has 1 fully saturated rings. The molecule has 5 nitrogen and oxygen atoms in total. The Morgan fingerprint density at radius 3 is 2.47 bits per heavy atom. The lowest BCUT2D eigenvalue weighted by molar-refractivity contribution is 0.0775. The fourth-order valence-electron chi connectivity index (χ4n) is 4.07. The molecule has 0 aliphatic carbocycles. The lowest BCUT2D eigenvalue weighted by Crippen LogP contribution is -2.39. The monoisotopic (exact) mass is 409 g/mol. The molecule has 0 radical (unpaired) electrons.